The molecule has 0 aliphatic carbocycles. The quantitative estimate of drug-likeness (QED) is 0.520. The van der Waals surface area contributed by atoms with E-state index in [0.29, 0.717) is 5.56 Å². The molecule has 1 aromatic heterocycles. The Labute approximate surface area is 126 Å². The maximum Gasteiger partial charge on any atom is 0.289 e. The number of rotatable bonds is 5. The average molecular weight is 296 g/mol. The Bertz CT molecular complexity index is 727. The third-order valence-corrected chi connectivity index (χ3v) is 2.63. The summed E-state index contributed by atoms with van der Waals surface area (Å²) in [5, 5.41) is 14.5. The molecule has 0 unspecified atom stereocenters. The van der Waals surface area contributed by atoms with Crippen LogP contribution in [0.2, 0.25) is 0 Å². The lowest BCUT2D eigenvalue weighted by Gasteiger charge is -1.97. The molecular weight excluding hydrogens is 284 g/mol. The number of pyridine rings is 1. The summed E-state index contributed by atoms with van der Waals surface area (Å²) in [6.07, 6.45) is 5.88. The standard InChI is InChI=1S/C15H12N4O3/c20-15(13-8-3-4-10-16-13)18-17-11-5-7-12-6-1-2-9-14(12)19(21)22/h1-11H,(H,18,20)/b7-5-,17-11-. The largest absolute Gasteiger partial charge is 0.289 e. The molecule has 0 aliphatic rings. The lowest BCUT2D eigenvalue weighted by atomic mass is 10.2. The van der Waals surface area contributed by atoms with E-state index in [1.54, 1.807) is 36.4 Å². The van der Waals surface area contributed by atoms with Gasteiger partial charge in [-0.3, -0.25) is 19.9 Å². The van der Waals surface area contributed by atoms with E-state index in [-0.39, 0.29) is 11.4 Å². The minimum atomic E-state index is -0.459. The summed E-state index contributed by atoms with van der Waals surface area (Å²) < 4.78 is 0. The molecule has 1 heterocycles. The average Bonchev–Trinajstić information content (AvgIpc) is 2.55. The highest BCUT2D eigenvalue weighted by Gasteiger charge is 2.08. The van der Waals surface area contributed by atoms with Gasteiger partial charge in [0, 0.05) is 18.5 Å². The normalized spacial score (nSPS) is 10.9. The predicted octanol–water partition coefficient (Wildman–Crippen LogP) is 2.42. The fraction of sp³-hybridized carbons (Fsp3) is 0. The van der Waals surface area contributed by atoms with Crippen LogP contribution in [0.1, 0.15) is 16.1 Å². The van der Waals surface area contributed by atoms with Crippen molar-refractivity contribution in [1.29, 1.82) is 0 Å². The first-order valence-corrected chi connectivity index (χ1v) is 6.33. The number of benzene rings is 1. The van der Waals surface area contributed by atoms with E-state index in [0.717, 1.165) is 0 Å². The lowest BCUT2D eigenvalue weighted by Crippen LogP contribution is -2.18. The van der Waals surface area contributed by atoms with Crippen LogP contribution in [0.15, 0.2) is 59.8 Å². The van der Waals surface area contributed by atoms with Gasteiger partial charge in [-0.15, -0.1) is 0 Å². The second-order valence-corrected chi connectivity index (χ2v) is 4.11. The highest BCUT2D eigenvalue weighted by atomic mass is 16.6. The maximum atomic E-state index is 11.6. The van der Waals surface area contributed by atoms with Crippen molar-refractivity contribution < 1.29 is 9.72 Å². The molecule has 2 aromatic rings. The first kappa shape index (κ1) is 15.0. The number of carbonyl (C=O) groups is 1. The number of allylic oxidation sites excluding steroid dienone is 1. The van der Waals surface area contributed by atoms with Crippen LogP contribution in [0, 0.1) is 10.1 Å². The number of nitrogens with one attached hydrogen (secondary N) is 1. The van der Waals surface area contributed by atoms with Crippen molar-refractivity contribution >= 4 is 23.9 Å². The van der Waals surface area contributed by atoms with Gasteiger partial charge in [0.25, 0.3) is 11.6 Å². The Morgan fingerprint density at radius 2 is 2.00 bits per heavy atom. The Morgan fingerprint density at radius 3 is 2.73 bits per heavy atom. The molecule has 0 saturated heterocycles. The molecule has 0 aliphatic heterocycles. The van der Waals surface area contributed by atoms with Crippen LogP contribution in [0.3, 0.4) is 0 Å². The highest BCUT2D eigenvalue weighted by molar-refractivity contribution is 5.92. The molecule has 0 radical (unpaired) electrons. The fourth-order valence-electron chi connectivity index (χ4n) is 1.63. The summed E-state index contributed by atoms with van der Waals surface area (Å²) in [7, 11) is 0. The van der Waals surface area contributed by atoms with Crippen molar-refractivity contribution in [3.05, 3.63) is 76.1 Å². The lowest BCUT2D eigenvalue weighted by molar-refractivity contribution is -0.385. The maximum absolute atomic E-state index is 11.6. The monoisotopic (exact) mass is 296 g/mol. The molecule has 0 fully saturated rings. The van der Waals surface area contributed by atoms with Crippen LogP contribution >= 0.6 is 0 Å². The van der Waals surface area contributed by atoms with Gasteiger partial charge < -0.3 is 0 Å². The first-order chi connectivity index (χ1) is 10.7. The number of para-hydroxylation sites is 1. The summed E-state index contributed by atoms with van der Waals surface area (Å²) in [6.45, 7) is 0. The summed E-state index contributed by atoms with van der Waals surface area (Å²) in [4.78, 5) is 25.9. The Balaban J connectivity index is 1.96. The minimum absolute atomic E-state index is 0.00433. The fourth-order valence-corrected chi connectivity index (χ4v) is 1.63. The smallest absolute Gasteiger partial charge is 0.266 e. The summed E-state index contributed by atoms with van der Waals surface area (Å²) in [5.74, 6) is -0.434. The van der Waals surface area contributed by atoms with E-state index in [4.69, 9.17) is 0 Å². The van der Waals surface area contributed by atoms with Crippen molar-refractivity contribution in [1.82, 2.24) is 10.4 Å². The van der Waals surface area contributed by atoms with E-state index in [1.807, 2.05) is 0 Å². The Kier molecular flexibility index (Phi) is 5.09. The molecule has 1 N–H and O–H groups in total. The number of nitro benzene ring substituents is 1. The second-order valence-electron chi connectivity index (χ2n) is 4.11. The van der Waals surface area contributed by atoms with Crippen molar-refractivity contribution in [2.24, 2.45) is 5.10 Å². The number of hydrogen-bond donors (Lipinski definition) is 1. The van der Waals surface area contributed by atoms with Crippen LogP contribution in [0.25, 0.3) is 6.08 Å². The zero-order valence-corrected chi connectivity index (χ0v) is 11.4. The van der Waals surface area contributed by atoms with E-state index in [1.165, 1.54) is 30.6 Å². The molecule has 22 heavy (non-hydrogen) atoms. The number of hydrazone groups is 1. The van der Waals surface area contributed by atoms with Gasteiger partial charge in [0.2, 0.25) is 0 Å². The second kappa shape index (κ2) is 7.44. The molecule has 0 bridgehead atoms. The van der Waals surface area contributed by atoms with E-state index >= 15 is 0 Å². The van der Waals surface area contributed by atoms with Gasteiger partial charge in [-0.1, -0.05) is 18.2 Å². The molecule has 1 amide bonds. The molecule has 1 aromatic carbocycles. The molecule has 0 atom stereocenters. The van der Waals surface area contributed by atoms with Crippen LogP contribution < -0.4 is 5.43 Å². The number of nitro groups is 1. The van der Waals surface area contributed by atoms with E-state index in [9.17, 15) is 14.9 Å². The van der Waals surface area contributed by atoms with E-state index in [2.05, 4.69) is 15.5 Å². The number of aromatic nitrogens is 1. The van der Waals surface area contributed by atoms with E-state index < -0.39 is 10.8 Å². The third-order valence-electron chi connectivity index (χ3n) is 2.63. The summed E-state index contributed by atoms with van der Waals surface area (Å²) in [5.41, 5.74) is 3.02. The van der Waals surface area contributed by atoms with Gasteiger partial charge in [-0.25, -0.2) is 5.43 Å². The van der Waals surface area contributed by atoms with Gasteiger partial charge in [0.15, 0.2) is 0 Å². The molecular formula is C15H12N4O3. The molecule has 7 heteroatoms. The van der Waals surface area contributed by atoms with Gasteiger partial charge in [-0.05, 0) is 30.4 Å². The Hall–Kier alpha value is -3.35. The zero-order chi connectivity index (χ0) is 15.8. The van der Waals surface area contributed by atoms with Crippen molar-refractivity contribution in [2.75, 3.05) is 0 Å². The van der Waals surface area contributed by atoms with Crippen molar-refractivity contribution in [3.63, 3.8) is 0 Å². The topological polar surface area (TPSA) is 97.5 Å². The third kappa shape index (κ3) is 4.07. The van der Waals surface area contributed by atoms with Gasteiger partial charge in [-0.2, -0.15) is 5.10 Å². The number of hydrogen-bond acceptors (Lipinski definition) is 5. The molecule has 7 nitrogen and oxygen atoms in total. The van der Waals surface area contributed by atoms with Crippen LogP contribution in [-0.4, -0.2) is 22.0 Å². The molecule has 0 saturated carbocycles. The number of nitrogens with zero attached hydrogens (tertiary/aromatic N) is 3. The summed E-state index contributed by atoms with van der Waals surface area (Å²) in [6, 6.07) is 11.3. The molecule has 0 spiro atoms. The van der Waals surface area contributed by atoms with Gasteiger partial charge in [0.05, 0.1) is 10.5 Å². The van der Waals surface area contributed by atoms with Gasteiger partial charge in [0.1, 0.15) is 5.69 Å². The van der Waals surface area contributed by atoms with Gasteiger partial charge >= 0.3 is 0 Å². The SMILES string of the molecule is O=C(N/N=C\C=C/c1ccccc1[N+](=O)[O-])c1ccccn1. The number of amides is 1. The van der Waals surface area contributed by atoms with Crippen molar-refractivity contribution in [2.45, 2.75) is 0 Å². The van der Waals surface area contributed by atoms with Crippen LogP contribution in [0.5, 0.6) is 0 Å². The zero-order valence-electron chi connectivity index (χ0n) is 11.4. The predicted molar refractivity (Wildman–Crippen MR) is 82.3 cm³/mol. The van der Waals surface area contributed by atoms with Crippen LogP contribution in [-0.2, 0) is 0 Å². The van der Waals surface area contributed by atoms with Crippen molar-refractivity contribution in [3.8, 4) is 0 Å². The first-order valence-electron chi connectivity index (χ1n) is 6.33. The number of carbonyl (C=O) groups excluding carboxylic acids is 1. The molecule has 110 valence electrons. The minimum Gasteiger partial charge on any atom is -0.266 e. The summed E-state index contributed by atoms with van der Waals surface area (Å²) >= 11 is 0. The highest BCUT2D eigenvalue weighted by Crippen LogP contribution is 2.18. The Morgan fingerprint density at radius 1 is 1.23 bits per heavy atom. The van der Waals surface area contributed by atoms with Crippen LogP contribution in [0.4, 0.5) is 5.69 Å². The molecule has 2 rings (SSSR count).